The largest absolute Gasteiger partial charge is 0.396 e. The van der Waals surface area contributed by atoms with Crippen LogP contribution in [-0.4, -0.2) is 16.3 Å². The maximum absolute atomic E-state index is 9.20. The molecule has 1 N–H and O–H groups in total. The summed E-state index contributed by atoms with van der Waals surface area (Å²) in [6.45, 7) is 3.03. The normalized spacial score (nSPS) is 11.3. The van der Waals surface area contributed by atoms with Crippen molar-refractivity contribution in [2.75, 3.05) is 6.61 Å². The van der Waals surface area contributed by atoms with Crippen molar-refractivity contribution in [3.05, 3.63) is 70.3 Å². The van der Waals surface area contributed by atoms with E-state index in [0.29, 0.717) is 0 Å². The van der Waals surface area contributed by atoms with E-state index in [1.165, 1.54) is 11.1 Å². The zero-order valence-corrected chi connectivity index (χ0v) is 16.1. The fourth-order valence-corrected chi connectivity index (χ4v) is 3.39. The molecule has 0 aliphatic rings. The number of aliphatic hydroxyl groups excluding tert-OH is 1. The Morgan fingerprint density at radius 1 is 1.04 bits per heavy atom. The Balaban J connectivity index is 0.00000208. The minimum Gasteiger partial charge on any atom is -0.396 e. The van der Waals surface area contributed by atoms with E-state index >= 15 is 0 Å². The first-order valence-electron chi connectivity index (χ1n) is 7.74. The van der Waals surface area contributed by atoms with E-state index in [1.54, 1.807) is 11.3 Å². The number of thiazole rings is 1. The molecule has 0 atom stereocenters. The van der Waals surface area contributed by atoms with Gasteiger partial charge in [0.15, 0.2) is 4.80 Å². The van der Waals surface area contributed by atoms with Gasteiger partial charge in [-0.3, -0.25) is 0 Å². The van der Waals surface area contributed by atoms with Gasteiger partial charge in [0.2, 0.25) is 0 Å². The van der Waals surface area contributed by atoms with Crippen LogP contribution in [0.15, 0.2) is 65.0 Å². The number of halogens is 1. The number of nitrogens with zero attached hydrogens (tertiary/aromatic N) is 2. The zero-order valence-electron chi connectivity index (χ0n) is 13.6. The Morgan fingerprint density at radius 3 is 2.42 bits per heavy atom. The minimum absolute atomic E-state index is 0. The van der Waals surface area contributed by atoms with Gasteiger partial charge in [-0.2, -0.15) is 0 Å². The van der Waals surface area contributed by atoms with E-state index in [2.05, 4.69) is 41.1 Å². The van der Waals surface area contributed by atoms with Crippen LogP contribution in [0.25, 0.3) is 11.3 Å². The van der Waals surface area contributed by atoms with Gasteiger partial charge in [0.1, 0.15) is 0 Å². The second-order valence-corrected chi connectivity index (χ2v) is 6.28. The van der Waals surface area contributed by atoms with Crippen LogP contribution in [0, 0.1) is 6.92 Å². The molecule has 3 rings (SSSR count). The summed E-state index contributed by atoms with van der Waals surface area (Å²) in [5.41, 5.74) is 4.53. The third kappa shape index (κ3) is 4.44. The fourth-order valence-electron chi connectivity index (χ4n) is 2.43. The highest BCUT2D eigenvalue weighted by molar-refractivity contribution is 8.93. The van der Waals surface area contributed by atoms with Crippen LogP contribution >= 0.6 is 28.3 Å². The Labute approximate surface area is 156 Å². The van der Waals surface area contributed by atoms with E-state index in [9.17, 15) is 5.11 Å². The van der Waals surface area contributed by atoms with Gasteiger partial charge in [-0.1, -0.05) is 48.0 Å². The van der Waals surface area contributed by atoms with Crippen molar-refractivity contribution < 1.29 is 5.11 Å². The molecule has 0 amide bonds. The predicted molar refractivity (Wildman–Crippen MR) is 106 cm³/mol. The summed E-state index contributed by atoms with van der Waals surface area (Å²) in [6, 6.07) is 18.5. The predicted octanol–water partition coefficient (Wildman–Crippen LogP) is 4.72. The van der Waals surface area contributed by atoms with Crippen LogP contribution in [0.5, 0.6) is 0 Å². The zero-order chi connectivity index (χ0) is 16.1. The molecular formula is C19H21BrN2OS. The van der Waals surface area contributed by atoms with Crippen LogP contribution in [0.4, 0.5) is 5.69 Å². The molecule has 5 heteroatoms. The SMILES string of the molecule is Br.Cc1ccc(-c2csc(=Nc3ccccc3)n2CCCO)cc1. The molecule has 0 saturated heterocycles. The smallest absolute Gasteiger partial charge is 0.190 e. The molecule has 1 heterocycles. The van der Waals surface area contributed by atoms with Crippen molar-refractivity contribution >= 4 is 34.0 Å². The average molecular weight is 405 g/mol. The number of hydrogen-bond acceptors (Lipinski definition) is 3. The van der Waals surface area contributed by atoms with Gasteiger partial charge in [0.25, 0.3) is 0 Å². The first-order valence-corrected chi connectivity index (χ1v) is 8.62. The van der Waals surface area contributed by atoms with Gasteiger partial charge in [0.05, 0.1) is 11.4 Å². The van der Waals surface area contributed by atoms with Crippen LogP contribution < -0.4 is 4.80 Å². The molecule has 0 radical (unpaired) electrons. The van der Waals surface area contributed by atoms with Gasteiger partial charge in [0, 0.05) is 18.5 Å². The quantitative estimate of drug-likeness (QED) is 0.656. The summed E-state index contributed by atoms with van der Waals surface area (Å²) < 4.78 is 2.19. The number of aryl methyl sites for hydroxylation is 1. The molecular weight excluding hydrogens is 384 g/mol. The number of benzene rings is 2. The first kappa shape index (κ1) is 18.6. The standard InChI is InChI=1S/C19H20N2OS.BrH/c1-15-8-10-16(11-9-15)18-14-23-19(21(18)12-5-13-22)20-17-6-3-2-4-7-17;/h2-4,6-11,14,22H,5,12-13H2,1H3;1H. The summed E-state index contributed by atoms with van der Waals surface area (Å²) >= 11 is 1.64. The Bertz CT molecular complexity index is 823. The van der Waals surface area contributed by atoms with Gasteiger partial charge in [-0.15, -0.1) is 28.3 Å². The fraction of sp³-hybridized carbons (Fsp3) is 0.211. The third-order valence-electron chi connectivity index (χ3n) is 3.67. The number of aliphatic hydroxyl groups is 1. The average Bonchev–Trinajstić information content (AvgIpc) is 2.97. The lowest BCUT2D eigenvalue weighted by atomic mass is 10.1. The molecule has 0 spiro atoms. The molecule has 1 aromatic heterocycles. The first-order chi connectivity index (χ1) is 11.3. The monoisotopic (exact) mass is 404 g/mol. The van der Waals surface area contributed by atoms with E-state index in [4.69, 9.17) is 4.99 Å². The van der Waals surface area contributed by atoms with Crippen LogP contribution in [0.2, 0.25) is 0 Å². The molecule has 3 aromatic rings. The highest BCUT2D eigenvalue weighted by Crippen LogP contribution is 2.21. The van der Waals surface area contributed by atoms with Crippen molar-refractivity contribution in [1.29, 1.82) is 0 Å². The summed E-state index contributed by atoms with van der Waals surface area (Å²) in [5, 5.41) is 11.3. The van der Waals surface area contributed by atoms with Crippen molar-refractivity contribution in [3.8, 4) is 11.3 Å². The Morgan fingerprint density at radius 2 is 1.75 bits per heavy atom. The molecule has 0 saturated carbocycles. The lowest BCUT2D eigenvalue weighted by molar-refractivity contribution is 0.279. The van der Waals surface area contributed by atoms with Crippen molar-refractivity contribution in [2.45, 2.75) is 19.9 Å². The van der Waals surface area contributed by atoms with Crippen molar-refractivity contribution in [2.24, 2.45) is 4.99 Å². The van der Waals surface area contributed by atoms with E-state index in [-0.39, 0.29) is 23.6 Å². The van der Waals surface area contributed by atoms with Crippen LogP contribution in [0.3, 0.4) is 0 Å². The van der Waals surface area contributed by atoms with Crippen LogP contribution in [0.1, 0.15) is 12.0 Å². The Kier molecular flexibility index (Phi) is 6.97. The highest BCUT2D eigenvalue weighted by atomic mass is 79.9. The summed E-state index contributed by atoms with van der Waals surface area (Å²) in [7, 11) is 0. The van der Waals surface area contributed by atoms with Crippen LogP contribution in [-0.2, 0) is 6.54 Å². The van der Waals surface area contributed by atoms with E-state index in [0.717, 1.165) is 29.1 Å². The van der Waals surface area contributed by atoms with Crippen molar-refractivity contribution in [1.82, 2.24) is 4.57 Å². The summed E-state index contributed by atoms with van der Waals surface area (Å²) in [5.74, 6) is 0. The number of para-hydroxylation sites is 1. The van der Waals surface area contributed by atoms with Gasteiger partial charge >= 0.3 is 0 Å². The van der Waals surface area contributed by atoms with Gasteiger partial charge < -0.3 is 9.67 Å². The molecule has 0 aliphatic carbocycles. The second kappa shape index (κ2) is 8.97. The molecule has 0 unspecified atom stereocenters. The maximum atomic E-state index is 9.20. The lowest BCUT2D eigenvalue weighted by Crippen LogP contribution is -2.16. The lowest BCUT2D eigenvalue weighted by Gasteiger charge is -2.08. The number of aromatic nitrogens is 1. The van der Waals surface area contributed by atoms with Gasteiger partial charge in [-0.05, 0) is 31.0 Å². The third-order valence-corrected chi connectivity index (χ3v) is 4.53. The molecule has 0 fully saturated rings. The van der Waals surface area contributed by atoms with Gasteiger partial charge in [-0.25, -0.2) is 4.99 Å². The highest BCUT2D eigenvalue weighted by Gasteiger charge is 2.08. The Hall–Kier alpha value is -1.69. The maximum Gasteiger partial charge on any atom is 0.190 e. The molecule has 126 valence electrons. The van der Waals surface area contributed by atoms with E-state index in [1.807, 2.05) is 30.3 Å². The number of hydrogen-bond donors (Lipinski definition) is 1. The molecule has 0 bridgehead atoms. The second-order valence-electron chi connectivity index (χ2n) is 5.45. The minimum atomic E-state index is 0. The van der Waals surface area contributed by atoms with E-state index < -0.39 is 0 Å². The number of rotatable bonds is 5. The molecule has 0 aliphatic heterocycles. The topological polar surface area (TPSA) is 37.5 Å². The summed E-state index contributed by atoms with van der Waals surface area (Å²) in [6.07, 6.45) is 0.720. The summed E-state index contributed by atoms with van der Waals surface area (Å²) in [4.78, 5) is 5.72. The van der Waals surface area contributed by atoms with Crippen molar-refractivity contribution in [3.63, 3.8) is 0 Å². The molecule has 24 heavy (non-hydrogen) atoms. The molecule has 3 nitrogen and oxygen atoms in total. The molecule has 2 aromatic carbocycles.